The monoisotopic (exact) mass is 362 g/mol. The van der Waals surface area contributed by atoms with Crippen LogP contribution in [0.3, 0.4) is 0 Å². The number of hydrogen-bond acceptors (Lipinski definition) is 4. The normalized spacial score (nSPS) is 11.1. The van der Waals surface area contributed by atoms with Crippen molar-refractivity contribution < 1.29 is 19.7 Å². The molecule has 4 nitrogen and oxygen atoms in total. The molecule has 0 spiro atoms. The van der Waals surface area contributed by atoms with Crippen molar-refractivity contribution in [2.24, 2.45) is 0 Å². The van der Waals surface area contributed by atoms with Crippen molar-refractivity contribution in [3.05, 3.63) is 31.2 Å². The van der Waals surface area contributed by atoms with Gasteiger partial charge in [-0.2, -0.15) is 0 Å². The van der Waals surface area contributed by atoms with Gasteiger partial charge in [0.15, 0.2) is 0 Å². The topological polar surface area (TPSA) is 58.9 Å². The Bertz CT molecular complexity index is 384. The Balaban J connectivity index is 3.00. The molecule has 0 saturated heterocycles. The molecule has 2 N–H and O–H groups in total. The van der Waals surface area contributed by atoms with Crippen LogP contribution in [0, 0.1) is 0 Å². The standard InChI is InChI=1S/C12H14Cl4O4/c13-9-7(5-19-3-1-17)10(14)12(16)8(11(9)15)6-20-4-2-18/h17-18H,1-6H2. The molecule has 0 aliphatic carbocycles. The van der Waals surface area contributed by atoms with Gasteiger partial charge in [0.05, 0.1) is 59.7 Å². The van der Waals surface area contributed by atoms with E-state index in [9.17, 15) is 0 Å². The predicted molar refractivity (Wildman–Crippen MR) is 80.0 cm³/mol. The fraction of sp³-hybridized carbons (Fsp3) is 0.500. The summed E-state index contributed by atoms with van der Waals surface area (Å²) in [5, 5.41) is 18.3. The van der Waals surface area contributed by atoms with E-state index < -0.39 is 0 Å². The van der Waals surface area contributed by atoms with Crippen molar-refractivity contribution in [2.75, 3.05) is 26.4 Å². The summed E-state index contributed by atoms with van der Waals surface area (Å²) in [4.78, 5) is 0. The molecular formula is C12H14Cl4O4. The molecule has 1 aromatic carbocycles. The molecule has 20 heavy (non-hydrogen) atoms. The van der Waals surface area contributed by atoms with Crippen LogP contribution in [0.25, 0.3) is 0 Å². The Kier molecular flexibility index (Phi) is 8.48. The predicted octanol–water partition coefficient (Wildman–Crippen LogP) is 3.32. The average Bonchev–Trinajstić information content (AvgIpc) is 2.44. The summed E-state index contributed by atoms with van der Waals surface area (Å²) in [5.41, 5.74) is 0.922. The molecule has 0 amide bonds. The first-order valence-electron chi connectivity index (χ1n) is 5.75. The highest BCUT2D eigenvalue weighted by molar-refractivity contribution is 6.48. The molecule has 8 heteroatoms. The summed E-state index contributed by atoms with van der Waals surface area (Å²) in [7, 11) is 0. The van der Waals surface area contributed by atoms with Gasteiger partial charge in [-0.05, 0) is 0 Å². The Morgan fingerprint density at radius 2 is 0.950 bits per heavy atom. The summed E-state index contributed by atoms with van der Waals surface area (Å²) in [6, 6.07) is 0. The largest absolute Gasteiger partial charge is 0.394 e. The Morgan fingerprint density at radius 3 is 1.20 bits per heavy atom. The van der Waals surface area contributed by atoms with Gasteiger partial charge in [-0.1, -0.05) is 46.4 Å². The molecule has 0 heterocycles. The Morgan fingerprint density at radius 1 is 0.650 bits per heavy atom. The lowest BCUT2D eigenvalue weighted by atomic mass is 10.1. The molecule has 0 bridgehead atoms. The summed E-state index contributed by atoms with van der Waals surface area (Å²) < 4.78 is 10.4. The second kappa shape index (κ2) is 9.28. The minimum absolute atomic E-state index is 0.0927. The molecule has 0 radical (unpaired) electrons. The number of halogens is 4. The molecule has 114 valence electrons. The van der Waals surface area contributed by atoms with E-state index in [1.54, 1.807) is 0 Å². The van der Waals surface area contributed by atoms with E-state index in [1.807, 2.05) is 0 Å². The number of hydrogen-bond donors (Lipinski definition) is 2. The van der Waals surface area contributed by atoms with Crippen LogP contribution in [-0.2, 0) is 22.7 Å². The maximum atomic E-state index is 8.68. The number of rotatable bonds is 8. The van der Waals surface area contributed by atoms with E-state index in [-0.39, 0.29) is 59.7 Å². The second-order valence-electron chi connectivity index (χ2n) is 3.77. The lowest BCUT2D eigenvalue weighted by Crippen LogP contribution is -2.04. The number of aliphatic hydroxyl groups excluding tert-OH is 2. The quantitative estimate of drug-likeness (QED) is 0.549. The number of ether oxygens (including phenoxy) is 2. The van der Waals surface area contributed by atoms with Crippen LogP contribution in [0.5, 0.6) is 0 Å². The highest BCUT2D eigenvalue weighted by Gasteiger charge is 2.20. The Labute approximate surface area is 137 Å². The van der Waals surface area contributed by atoms with Crippen molar-refractivity contribution >= 4 is 46.4 Å². The lowest BCUT2D eigenvalue weighted by Gasteiger charge is -2.15. The maximum Gasteiger partial charge on any atom is 0.0748 e. The van der Waals surface area contributed by atoms with Gasteiger partial charge < -0.3 is 19.7 Å². The molecule has 0 aliphatic rings. The molecular weight excluding hydrogens is 350 g/mol. The van der Waals surface area contributed by atoms with Gasteiger partial charge >= 0.3 is 0 Å². The molecule has 1 aromatic rings. The van der Waals surface area contributed by atoms with Crippen molar-refractivity contribution in [2.45, 2.75) is 13.2 Å². The molecule has 0 unspecified atom stereocenters. The first-order chi connectivity index (χ1) is 9.54. The van der Waals surface area contributed by atoms with Crippen LogP contribution >= 0.6 is 46.4 Å². The number of benzene rings is 1. The molecule has 0 fully saturated rings. The molecule has 1 rings (SSSR count). The van der Waals surface area contributed by atoms with Gasteiger partial charge in [-0.15, -0.1) is 0 Å². The van der Waals surface area contributed by atoms with Crippen LogP contribution in [0.1, 0.15) is 11.1 Å². The van der Waals surface area contributed by atoms with Crippen LogP contribution in [0.15, 0.2) is 0 Å². The minimum Gasteiger partial charge on any atom is -0.394 e. The third-order valence-corrected chi connectivity index (χ3v) is 4.27. The summed E-state index contributed by atoms with van der Waals surface area (Å²) in [5.74, 6) is 0. The third kappa shape index (κ3) is 4.61. The number of aliphatic hydroxyl groups is 2. The maximum absolute atomic E-state index is 8.68. The fourth-order valence-corrected chi connectivity index (χ4v) is 2.60. The van der Waals surface area contributed by atoms with Crippen molar-refractivity contribution in [1.29, 1.82) is 0 Å². The van der Waals surface area contributed by atoms with Gasteiger partial charge in [-0.3, -0.25) is 0 Å². The summed E-state index contributed by atoms with van der Waals surface area (Å²) in [6.07, 6.45) is 0. The van der Waals surface area contributed by atoms with Crippen molar-refractivity contribution in [3.63, 3.8) is 0 Å². The zero-order valence-electron chi connectivity index (χ0n) is 10.5. The zero-order chi connectivity index (χ0) is 15.1. The van der Waals surface area contributed by atoms with E-state index in [1.165, 1.54) is 0 Å². The van der Waals surface area contributed by atoms with E-state index >= 15 is 0 Å². The van der Waals surface area contributed by atoms with Gasteiger partial charge in [0.25, 0.3) is 0 Å². The first-order valence-corrected chi connectivity index (χ1v) is 7.26. The molecule has 0 aromatic heterocycles. The van der Waals surface area contributed by atoms with E-state index in [4.69, 9.17) is 66.1 Å². The highest BCUT2D eigenvalue weighted by atomic mass is 35.5. The highest BCUT2D eigenvalue weighted by Crippen LogP contribution is 2.41. The van der Waals surface area contributed by atoms with Crippen LogP contribution < -0.4 is 0 Å². The smallest absolute Gasteiger partial charge is 0.0748 e. The molecule has 0 atom stereocenters. The van der Waals surface area contributed by atoms with Crippen molar-refractivity contribution in [1.82, 2.24) is 0 Å². The zero-order valence-corrected chi connectivity index (χ0v) is 13.5. The Hall–Kier alpha value is 0.220. The fourth-order valence-electron chi connectivity index (χ4n) is 1.45. The average molecular weight is 364 g/mol. The molecule has 0 aliphatic heterocycles. The third-order valence-electron chi connectivity index (χ3n) is 2.41. The van der Waals surface area contributed by atoms with Gasteiger partial charge in [0.1, 0.15) is 0 Å². The SMILES string of the molecule is OCCOCc1c(Cl)c(Cl)c(COCCO)c(Cl)c1Cl. The first kappa shape index (κ1) is 18.3. The summed E-state index contributed by atoms with van der Waals surface area (Å²) >= 11 is 24.6. The minimum atomic E-state index is -0.107. The van der Waals surface area contributed by atoms with Gasteiger partial charge in [0.2, 0.25) is 0 Å². The van der Waals surface area contributed by atoms with Crippen molar-refractivity contribution in [3.8, 4) is 0 Å². The van der Waals surface area contributed by atoms with Gasteiger partial charge in [-0.25, -0.2) is 0 Å². The molecule has 0 saturated carbocycles. The lowest BCUT2D eigenvalue weighted by molar-refractivity contribution is 0.0802. The second-order valence-corrected chi connectivity index (χ2v) is 5.28. The van der Waals surface area contributed by atoms with E-state index in [0.29, 0.717) is 11.1 Å². The van der Waals surface area contributed by atoms with Crippen LogP contribution in [0.2, 0.25) is 20.1 Å². The van der Waals surface area contributed by atoms with E-state index in [0.717, 1.165) is 0 Å². The van der Waals surface area contributed by atoms with Gasteiger partial charge in [0, 0.05) is 11.1 Å². The van der Waals surface area contributed by atoms with E-state index in [2.05, 4.69) is 0 Å². The summed E-state index contributed by atoms with van der Waals surface area (Å²) in [6.45, 7) is 0.283. The van der Waals surface area contributed by atoms with Crippen LogP contribution in [-0.4, -0.2) is 36.6 Å². The van der Waals surface area contributed by atoms with Crippen LogP contribution in [0.4, 0.5) is 0 Å².